The molecule has 4 nitrogen and oxygen atoms in total. The molecule has 1 N–H and O–H groups in total. The molecule has 2 aromatic rings. The SMILES string of the molecule is C[C@H](NC(=O)/C(C#N)=C\c1ccc(N2CCCCC2)cc1F)c1ccccc1. The molecule has 0 unspecified atom stereocenters. The number of hydrogen-bond acceptors (Lipinski definition) is 3. The van der Waals surface area contributed by atoms with Gasteiger partial charge in [0.1, 0.15) is 17.5 Å². The molecule has 0 spiro atoms. The summed E-state index contributed by atoms with van der Waals surface area (Å²) < 4.78 is 14.6. The Hall–Kier alpha value is -3.13. The van der Waals surface area contributed by atoms with Gasteiger partial charge in [-0.1, -0.05) is 30.3 Å². The Balaban J connectivity index is 1.74. The summed E-state index contributed by atoms with van der Waals surface area (Å²) in [5.41, 5.74) is 1.90. The first-order valence-corrected chi connectivity index (χ1v) is 9.60. The van der Waals surface area contributed by atoms with Crippen LogP contribution in [0.15, 0.2) is 54.1 Å². The summed E-state index contributed by atoms with van der Waals surface area (Å²) in [6, 6.07) is 16.1. The van der Waals surface area contributed by atoms with Crippen LogP contribution in [0.4, 0.5) is 10.1 Å². The lowest BCUT2D eigenvalue weighted by molar-refractivity contribution is -0.117. The van der Waals surface area contributed by atoms with Crippen LogP contribution < -0.4 is 10.2 Å². The molecule has 1 aliphatic heterocycles. The van der Waals surface area contributed by atoms with Gasteiger partial charge in [-0.05, 0) is 56.0 Å². The molecule has 1 amide bonds. The molecule has 0 bridgehead atoms. The minimum Gasteiger partial charge on any atom is -0.371 e. The molecule has 0 aliphatic carbocycles. The number of carbonyl (C=O) groups excluding carboxylic acids is 1. The van der Waals surface area contributed by atoms with Gasteiger partial charge in [-0.15, -0.1) is 0 Å². The van der Waals surface area contributed by atoms with Crippen LogP contribution in [0.1, 0.15) is 43.4 Å². The number of carbonyl (C=O) groups is 1. The average molecular weight is 377 g/mol. The van der Waals surface area contributed by atoms with Crippen LogP contribution in [0.2, 0.25) is 0 Å². The number of benzene rings is 2. The molecule has 144 valence electrons. The largest absolute Gasteiger partial charge is 0.371 e. The van der Waals surface area contributed by atoms with Crippen molar-refractivity contribution in [2.24, 2.45) is 0 Å². The van der Waals surface area contributed by atoms with E-state index in [1.165, 1.54) is 18.6 Å². The summed E-state index contributed by atoms with van der Waals surface area (Å²) in [6.07, 6.45) is 4.74. The van der Waals surface area contributed by atoms with Crippen LogP contribution in [-0.2, 0) is 4.79 Å². The van der Waals surface area contributed by atoms with Gasteiger partial charge in [0.25, 0.3) is 5.91 Å². The van der Waals surface area contributed by atoms with Crippen LogP contribution in [0.25, 0.3) is 6.08 Å². The summed E-state index contributed by atoms with van der Waals surface area (Å²) in [4.78, 5) is 14.6. The zero-order valence-corrected chi connectivity index (χ0v) is 16.0. The van der Waals surface area contributed by atoms with E-state index in [1.54, 1.807) is 6.07 Å². The topological polar surface area (TPSA) is 56.1 Å². The van der Waals surface area contributed by atoms with Crippen LogP contribution >= 0.6 is 0 Å². The third kappa shape index (κ3) is 4.77. The zero-order valence-electron chi connectivity index (χ0n) is 16.0. The van der Waals surface area contributed by atoms with Gasteiger partial charge >= 0.3 is 0 Å². The maximum Gasteiger partial charge on any atom is 0.262 e. The fraction of sp³-hybridized carbons (Fsp3) is 0.304. The summed E-state index contributed by atoms with van der Waals surface area (Å²) in [5.74, 6) is -0.946. The lowest BCUT2D eigenvalue weighted by Gasteiger charge is -2.28. The molecule has 0 aromatic heterocycles. The maximum absolute atomic E-state index is 14.6. The first-order valence-electron chi connectivity index (χ1n) is 9.60. The Labute approximate surface area is 165 Å². The smallest absolute Gasteiger partial charge is 0.262 e. The van der Waals surface area contributed by atoms with E-state index in [0.29, 0.717) is 0 Å². The molecule has 1 aliphatic rings. The number of nitriles is 1. The normalized spacial score (nSPS) is 15.6. The van der Waals surface area contributed by atoms with Crippen LogP contribution in [0.5, 0.6) is 0 Å². The number of halogens is 1. The van der Waals surface area contributed by atoms with E-state index >= 15 is 0 Å². The number of rotatable bonds is 5. The fourth-order valence-corrected chi connectivity index (χ4v) is 3.39. The molecule has 5 heteroatoms. The first-order chi connectivity index (χ1) is 13.6. The lowest BCUT2D eigenvalue weighted by Crippen LogP contribution is -2.29. The van der Waals surface area contributed by atoms with Gasteiger partial charge in [0.15, 0.2) is 0 Å². The standard InChI is InChI=1S/C23H24FN3O/c1-17(18-8-4-2-5-9-18)26-23(28)20(16-25)14-19-10-11-21(15-22(19)24)27-12-6-3-7-13-27/h2,4-5,8-11,14-15,17H,3,6-7,12-13H2,1H3,(H,26,28)/b20-14-/t17-/m0/s1. The highest BCUT2D eigenvalue weighted by Gasteiger charge is 2.16. The third-order valence-electron chi connectivity index (χ3n) is 5.02. The Morgan fingerprint density at radius 3 is 2.54 bits per heavy atom. The van der Waals surface area contributed by atoms with Crippen LogP contribution in [-0.4, -0.2) is 19.0 Å². The highest BCUT2D eigenvalue weighted by Crippen LogP contribution is 2.24. The Kier molecular flexibility index (Phi) is 6.44. The summed E-state index contributed by atoms with van der Waals surface area (Å²) >= 11 is 0. The molecule has 0 saturated carbocycles. The lowest BCUT2D eigenvalue weighted by atomic mass is 10.1. The van der Waals surface area contributed by atoms with Crippen molar-refractivity contribution in [3.63, 3.8) is 0 Å². The molecule has 1 saturated heterocycles. The maximum atomic E-state index is 14.6. The molecule has 2 aromatic carbocycles. The second kappa shape index (κ2) is 9.18. The molecule has 1 fully saturated rings. The summed E-state index contributed by atoms with van der Waals surface area (Å²) in [5, 5.41) is 12.2. The van der Waals surface area contributed by atoms with E-state index in [1.807, 2.05) is 49.4 Å². The van der Waals surface area contributed by atoms with Crippen molar-refractivity contribution >= 4 is 17.7 Å². The highest BCUT2D eigenvalue weighted by atomic mass is 19.1. The molecule has 3 rings (SSSR count). The number of nitrogens with one attached hydrogen (secondary N) is 1. The van der Waals surface area contributed by atoms with Crippen molar-refractivity contribution in [1.29, 1.82) is 5.26 Å². The second-order valence-corrected chi connectivity index (χ2v) is 7.03. The Bertz CT molecular complexity index is 896. The van der Waals surface area contributed by atoms with Gasteiger partial charge in [-0.25, -0.2) is 4.39 Å². The van der Waals surface area contributed by atoms with E-state index < -0.39 is 11.7 Å². The van der Waals surface area contributed by atoms with Crippen LogP contribution in [0.3, 0.4) is 0 Å². The molecule has 1 atom stereocenters. The molecular weight excluding hydrogens is 353 g/mol. The average Bonchev–Trinajstić information content (AvgIpc) is 2.74. The number of nitrogens with zero attached hydrogens (tertiary/aromatic N) is 2. The van der Waals surface area contributed by atoms with Crippen molar-refractivity contribution in [1.82, 2.24) is 5.32 Å². The number of anilines is 1. The number of hydrogen-bond donors (Lipinski definition) is 1. The molecule has 1 heterocycles. The zero-order chi connectivity index (χ0) is 19.9. The van der Waals surface area contributed by atoms with Gasteiger partial charge in [-0.2, -0.15) is 5.26 Å². The van der Waals surface area contributed by atoms with Crippen molar-refractivity contribution in [2.75, 3.05) is 18.0 Å². The fourth-order valence-electron chi connectivity index (χ4n) is 3.39. The quantitative estimate of drug-likeness (QED) is 0.612. The van der Waals surface area contributed by atoms with Gasteiger partial charge in [0, 0.05) is 24.3 Å². The van der Waals surface area contributed by atoms with Crippen LogP contribution in [0, 0.1) is 17.1 Å². The van der Waals surface area contributed by atoms with Gasteiger partial charge in [-0.3, -0.25) is 4.79 Å². The van der Waals surface area contributed by atoms with E-state index in [-0.39, 0.29) is 17.2 Å². The minimum absolute atomic E-state index is 0.118. The monoisotopic (exact) mass is 377 g/mol. The molecule has 0 radical (unpaired) electrons. The van der Waals surface area contributed by atoms with Gasteiger partial charge < -0.3 is 10.2 Å². The predicted octanol–water partition coefficient (Wildman–Crippen LogP) is 4.60. The summed E-state index contributed by atoms with van der Waals surface area (Å²) in [7, 11) is 0. The van der Waals surface area contributed by atoms with Crippen molar-refractivity contribution in [2.45, 2.75) is 32.2 Å². The Morgan fingerprint density at radius 2 is 1.89 bits per heavy atom. The summed E-state index contributed by atoms with van der Waals surface area (Å²) in [6.45, 7) is 3.70. The first kappa shape index (κ1) is 19.6. The number of amides is 1. The van der Waals surface area contributed by atoms with Crippen molar-refractivity contribution in [3.05, 3.63) is 71.0 Å². The molecular formula is C23H24FN3O. The van der Waals surface area contributed by atoms with E-state index in [9.17, 15) is 14.4 Å². The van der Waals surface area contributed by atoms with E-state index in [0.717, 1.165) is 37.2 Å². The van der Waals surface area contributed by atoms with Gasteiger partial charge in [0.2, 0.25) is 0 Å². The van der Waals surface area contributed by atoms with E-state index in [4.69, 9.17) is 0 Å². The highest BCUT2D eigenvalue weighted by molar-refractivity contribution is 6.01. The molecule has 28 heavy (non-hydrogen) atoms. The minimum atomic E-state index is -0.515. The van der Waals surface area contributed by atoms with Crippen molar-refractivity contribution in [3.8, 4) is 6.07 Å². The van der Waals surface area contributed by atoms with Gasteiger partial charge in [0.05, 0.1) is 6.04 Å². The van der Waals surface area contributed by atoms with E-state index in [2.05, 4.69) is 10.2 Å². The number of piperidine rings is 1. The Morgan fingerprint density at radius 1 is 1.18 bits per heavy atom. The third-order valence-corrected chi connectivity index (χ3v) is 5.02. The van der Waals surface area contributed by atoms with Crippen molar-refractivity contribution < 1.29 is 9.18 Å². The second-order valence-electron chi connectivity index (χ2n) is 7.03. The predicted molar refractivity (Wildman–Crippen MR) is 109 cm³/mol.